The van der Waals surface area contributed by atoms with Gasteiger partial charge >= 0.3 is 17.9 Å². The maximum Gasteiger partial charge on any atom is 0.340 e. The van der Waals surface area contributed by atoms with Crippen LogP contribution in [0.15, 0.2) is 30.3 Å². The van der Waals surface area contributed by atoms with Crippen LogP contribution in [0.4, 0.5) is 0 Å². The van der Waals surface area contributed by atoms with Gasteiger partial charge in [-0.15, -0.1) is 0 Å². The van der Waals surface area contributed by atoms with Gasteiger partial charge in [-0.2, -0.15) is 0 Å². The predicted octanol–water partition coefficient (Wildman–Crippen LogP) is 9.65. The Morgan fingerprint density at radius 2 is 1.43 bits per heavy atom. The standard InChI is InChI=1S/C14H16Br2O3.C12H24O3Si.C7H10Br2O2/c1-3-11-9(2)14(15,16)13(18-11)19-12(17)10-7-5-4-6-8-10;1-7-9-10(8-11(13)14-9)15-16(5,6)12(2,3)4;1-3-5-4(2)7(8,9)6(10)11-5/h4-9,11,13H,3H2,1-2H3;9-10H,7-8H2,1-6H3;4-5H,3H2,1-2H3/t9-,11+,13?;9-,10-;4-,5+/m010/s1. The zero-order valence-electron chi connectivity index (χ0n) is 28.5. The topological polar surface area (TPSA) is 97.4 Å². The molecule has 3 saturated heterocycles. The quantitative estimate of drug-likeness (QED) is 0.116. The lowest BCUT2D eigenvalue weighted by molar-refractivity contribution is -0.142. The number of benzene rings is 1. The van der Waals surface area contributed by atoms with E-state index < -0.39 is 21.1 Å². The summed E-state index contributed by atoms with van der Waals surface area (Å²) in [6.07, 6.45) is 2.40. The van der Waals surface area contributed by atoms with Crippen LogP contribution in [0, 0.1) is 11.8 Å². The van der Waals surface area contributed by atoms with Gasteiger partial charge in [0.25, 0.3) is 0 Å². The number of hydrogen-bond donors (Lipinski definition) is 0. The highest BCUT2D eigenvalue weighted by atomic mass is 79.9. The van der Waals surface area contributed by atoms with E-state index in [2.05, 4.69) is 111 Å². The van der Waals surface area contributed by atoms with Crippen LogP contribution in [0.1, 0.15) is 91.4 Å². The number of carbonyl (C=O) groups excluding carboxylic acids is 3. The van der Waals surface area contributed by atoms with Gasteiger partial charge in [-0.05, 0) is 49.5 Å². The Morgan fingerprint density at radius 3 is 1.85 bits per heavy atom. The molecule has 0 bridgehead atoms. The summed E-state index contributed by atoms with van der Waals surface area (Å²) in [6.45, 7) is 21.2. The molecule has 1 aromatic rings. The number of esters is 3. The summed E-state index contributed by atoms with van der Waals surface area (Å²) in [5, 5.41) is 0.178. The summed E-state index contributed by atoms with van der Waals surface area (Å²) in [5.74, 6) is -0.323. The molecule has 1 unspecified atom stereocenters. The highest BCUT2D eigenvalue weighted by Gasteiger charge is 2.53. The molecule has 3 fully saturated rings. The lowest BCUT2D eigenvalue weighted by Gasteiger charge is -2.38. The van der Waals surface area contributed by atoms with E-state index >= 15 is 0 Å². The number of cyclic esters (lactones) is 2. The van der Waals surface area contributed by atoms with Gasteiger partial charge < -0.3 is 23.4 Å². The van der Waals surface area contributed by atoms with Crippen LogP contribution in [0.3, 0.4) is 0 Å². The number of alkyl halides is 4. The van der Waals surface area contributed by atoms with Crippen molar-refractivity contribution in [1.29, 1.82) is 0 Å². The first kappa shape index (κ1) is 41.9. The molecule has 46 heavy (non-hydrogen) atoms. The molecule has 3 aliphatic heterocycles. The fourth-order valence-electron chi connectivity index (χ4n) is 4.91. The molecule has 8 nitrogen and oxygen atoms in total. The van der Waals surface area contributed by atoms with E-state index in [1.54, 1.807) is 24.3 Å². The van der Waals surface area contributed by atoms with Crippen LogP contribution < -0.4 is 0 Å². The van der Waals surface area contributed by atoms with Crippen molar-refractivity contribution < 1.29 is 37.8 Å². The van der Waals surface area contributed by atoms with Crippen molar-refractivity contribution in [1.82, 2.24) is 0 Å². The van der Waals surface area contributed by atoms with Gasteiger partial charge in [0.1, 0.15) is 15.4 Å². The molecule has 0 amide bonds. The van der Waals surface area contributed by atoms with E-state index in [4.69, 9.17) is 23.4 Å². The van der Waals surface area contributed by atoms with Crippen LogP contribution in [0.25, 0.3) is 0 Å². The lowest BCUT2D eigenvalue weighted by Crippen LogP contribution is -2.45. The predicted molar refractivity (Wildman–Crippen MR) is 197 cm³/mol. The third-order valence-corrected chi connectivity index (χ3v) is 18.0. The molecule has 0 radical (unpaired) electrons. The second-order valence-corrected chi connectivity index (χ2v) is 25.5. The number of halogens is 4. The molecular formula is C33H50Br4O8Si. The molecule has 0 spiro atoms. The van der Waals surface area contributed by atoms with Crippen LogP contribution >= 0.6 is 63.7 Å². The van der Waals surface area contributed by atoms with E-state index in [-0.39, 0.29) is 59.2 Å². The zero-order valence-corrected chi connectivity index (χ0v) is 35.9. The Labute approximate surface area is 309 Å². The Morgan fingerprint density at radius 1 is 0.891 bits per heavy atom. The minimum absolute atomic E-state index is 0.0293. The van der Waals surface area contributed by atoms with Crippen molar-refractivity contribution in [2.24, 2.45) is 11.8 Å². The molecule has 3 heterocycles. The second-order valence-electron chi connectivity index (χ2n) is 13.5. The molecule has 4 rings (SSSR count). The van der Waals surface area contributed by atoms with Gasteiger partial charge in [0, 0.05) is 11.8 Å². The monoisotopic (exact) mass is 918 g/mol. The number of ether oxygens (including phenoxy) is 4. The van der Waals surface area contributed by atoms with Crippen molar-refractivity contribution in [3.63, 3.8) is 0 Å². The first-order valence-electron chi connectivity index (χ1n) is 15.9. The van der Waals surface area contributed by atoms with E-state index in [1.165, 1.54) is 0 Å². The van der Waals surface area contributed by atoms with Gasteiger partial charge in [0.15, 0.2) is 11.6 Å². The molecular weight excluding hydrogens is 872 g/mol. The van der Waals surface area contributed by atoms with Gasteiger partial charge in [-0.3, -0.25) is 4.79 Å². The van der Waals surface area contributed by atoms with Gasteiger partial charge in [-0.1, -0.05) is 137 Å². The van der Waals surface area contributed by atoms with E-state index in [1.807, 2.05) is 26.8 Å². The largest absolute Gasteiger partial charge is 0.460 e. The van der Waals surface area contributed by atoms with E-state index in [0.717, 1.165) is 19.3 Å². The third-order valence-electron chi connectivity index (χ3n) is 9.19. The van der Waals surface area contributed by atoms with Gasteiger partial charge in [-0.25, -0.2) is 9.59 Å². The molecule has 1 aromatic carbocycles. The van der Waals surface area contributed by atoms with Crippen LogP contribution in [-0.4, -0.2) is 63.4 Å². The molecule has 0 N–H and O–H groups in total. The van der Waals surface area contributed by atoms with Crippen LogP contribution in [0.2, 0.25) is 18.1 Å². The number of rotatable bonds is 7. The highest BCUT2D eigenvalue weighted by Crippen LogP contribution is 2.49. The second kappa shape index (κ2) is 17.1. The number of carbonyl (C=O) groups is 3. The SMILES string of the molecule is CC[C@H]1OC(=O)C(Br)(Br)[C@H]1C.CC[C@H]1OC(=O)C[C@H]1O[Si](C)(C)C(C)(C)C.CC[C@H]1OC(OC(=O)c2ccccc2)C(Br)(Br)[C@H]1C. The van der Waals surface area contributed by atoms with E-state index in [0.29, 0.717) is 12.0 Å². The van der Waals surface area contributed by atoms with Crippen molar-refractivity contribution in [3.8, 4) is 0 Å². The molecule has 0 aliphatic carbocycles. The molecule has 3 aliphatic rings. The molecule has 13 heteroatoms. The minimum atomic E-state index is -1.79. The molecule has 0 saturated carbocycles. The summed E-state index contributed by atoms with van der Waals surface area (Å²) < 4.78 is 26.6. The van der Waals surface area contributed by atoms with E-state index in [9.17, 15) is 14.4 Å². The fraction of sp³-hybridized carbons (Fsp3) is 0.727. The van der Waals surface area contributed by atoms with Crippen molar-refractivity contribution in [3.05, 3.63) is 35.9 Å². The Hall–Kier alpha value is -0.313. The van der Waals surface area contributed by atoms with Crippen molar-refractivity contribution >= 4 is 89.9 Å². The summed E-state index contributed by atoms with van der Waals surface area (Å²) in [7, 11) is -1.79. The maximum absolute atomic E-state index is 12.0. The smallest absolute Gasteiger partial charge is 0.340 e. The van der Waals surface area contributed by atoms with Crippen LogP contribution in [0.5, 0.6) is 0 Å². The van der Waals surface area contributed by atoms with Crippen molar-refractivity contribution in [2.45, 2.75) is 136 Å². The minimum Gasteiger partial charge on any atom is -0.460 e. The molecule has 0 aromatic heterocycles. The summed E-state index contributed by atoms with van der Waals surface area (Å²) in [4.78, 5) is 34.5. The molecule has 262 valence electrons. The normalized spacial score (nSPS) is 29.9. The summed E-state index contributed by atoms with van der Waals surface area (Å²) in [6, 6.07) is 8.92. The maximum atomic E-state index is 12.0. The summed E-state index contributed by atoms with van der Waals surface area (Å²) in [5.41, 5.74) is 0.523. The first-order chi connectivity index (χ1) is 21.1. The average Bonchev–Trinajstić information content (AvgIpc) is 3.52. The lowest BCUT2D eigenvalue weighted by atomic mass is 10.0. The third kappa shape index (κ3) is 10.4. The van der Waals surface area contributed by atoms with Gasteiger partial charge in [0.05, 0.1) is 24.2 Å². The molecule has 7 atom stereocenters. The van der Waals surface area contributed by atoms with Crippen molar-refractivity contribution in [2.75, 3.05) is 0 Å². The average molecular weight is 922 g/mol. The van der Waals surface area contributed by atoms with Crippen LogP contribution in [-0.2, 0) is 33.0 Å². The number of hydrogen-bond acceptors (Lipinski definition) is 8. The summed E-state index contributed by atoms with van der Waals surface area (Å²) >= 11 is 13.7. The zero-order chi connectivity index (χ0) is 35.3. The Kier molecular flexibility index (Phi) is 15.5. The van der Waals surface area contributed by atoms with Gasteiger partial charge in [0.2, 0.25) is 6.29 Å². The first-order valence-corrected chi connectivity index (χ1v) is 22.0. The Balaban J connectivity index is 0.000000249. The highest BCUT2D eigenvalue weighted by molar-refractivity contribution is 9.26. The Bertz CT molecular complexity index is 1170. The fourth-order valence-corrected chi connectivity index (χ4v) is 8.02.